The van der Waals surface area contributed by atoms with Gasteiger partial charge in [0.05, 0.1) is 11.0 Å². The van der Waals surface area contributed by atoms with Gasteiger partial charge in [-0.25, -0.2) is 0 Å². The van der Waals surface area contributed by atoms with Gasteiger partial charge < -0.3 is 9.80 Å². The smallest absolute Gasteiger partial charge is 0.269 e. The average molecular weight is 546 g/mol. The molecule has 0 radical (unpaired) electrons. The summed E-state index contributed by atoms with van der Waals surface area (Å²) in [4.78, 5) is 42.1. The first-order chi connectivity index (χ1) is 18.6. The Morgan fingerprint density at radius 2 is 1.79 bits per heavy atom. The first-order valence-corrected chi connectivity index (χ1v) is 14.1. The molecule has 4 rings (SSSR count). The molecule has 0 bridgehead atoms. The predicted molar refractivity (Wildman–Crippen MR) is 156 cm³/mol. The van der Waals surface area contributed by atoms with Crippen LogP contribution in [0, 0.1) is 10.1 Å². The Morgan fingerprint density at radius 1 is 1.10 bits per heavy atom. The number of carbonyl (C=O) groups excluding carboxylic acids is 2. The standard InChI is InChI=1S/C31H35N3O4S/c1-5-18-32(28(35)15-8-22-6-13-25(14-7-22)34(37)38)21-29(36)33-19-16-27-26(17-20-39-27)30(33)23-9-11-24(12-10-23)31(2,3)4/h6-15,17,20,30H,5,16,18-19,21H2,1-4H3. The molecule has 0 N–H and O–H groups in total. The van der Waals surface area contributed by atoms with E-state index in [1.807, 2.05) is 11.8 Å². The number of nitrogens with zero attached hydrogens (tertiary/aromatic N) is 3. The fourth-order valence-corrected chi connectivity index (χ4v) is 5.79. The van der Waals surface area contributed by atoms with Crippen molar-refractivity contribution in [3.8, 4) is 0 Å². The van der Waals surface area contributed by atoms with Crippen LogP contribution >= 0.6 is 11.3 Å². The summed E-state index contributed by atoms with van der Waals surface area (Å²) in [7, 11) is 0. The molecule has 8 heteroatoms. The van der Waals surface area contributed by atoms with Crippen LogP contribution in [-0.2, 0) is 21.4 Å². The highest BCUT2D eigenvalue weighted by Gasteiger charge is 2.34. The number of amides is 2. The van der Waals surface area contributed by atoms with Crippen LogP contribution in [0.25, 0.3) is 6.08 Å². The van der Waals surface area contributed by atoms with E-state index in [-0.39, 0.29) is 35.5 Å². The molecule has 2 aromatic carbocycles. The largest absolute Gasteiger partial charge is 0.330 e. The van der Waals surface area contributed by atoms with E-state index in [0.717, 1.165) is 24.0 Å². The van der Waals surface area contributed by atoms with Crippen molar-refractivity contribution in [1.29, 1.82) is 0 Å². The second-order valence-electron chi connectivity index (χ2n) is 10.9. The minimum absolute atomic E-state index is 0.00501. The van der Waals surface area contributed by atoms with Crippen molar-refractivity contribution in [1.82, 2.24) is 9.80 Å². The third-order valence-electron chi connectivity index (χ3n) is 7.03. The third kappa shape index (κ3) is 6.63. The van der Waals surface area contributed by atoms with Crippen LogP contribution in [0.3, 0.4) is 0 Å². The van der Waals surface area contributed by atoms with Gasteiger partial charge in [0, 0.05) is 36.2 Å². The number of benzene rings is 2. The van der Waals surface area contributed by atoms with Gasteiger partial charge in [0.25, 0.3) is 5.69 Å². The lowest BCUT2D eigenvalue weighted by Gasteiger charge is -2.37. The molecule has 1 aliphatic heterocycles. The van der Waals surface area contributed by atoms with Gasteiger partial charge >= 0.3 is 0 Å². The molecule has 7 nitrogen and oxygen atoms in total. The van der Waals surface area contributed by atoms with Crippen molar-refractivity contribution in [3.63, 3.8) is 0 Å². The van der Waals surface area contributed by atoms with Crippen molar-refractivity contribution in [2.75, 3.05) is 19.6 Å². The summed E-state index contributed by atoms with van der Waals surface area (Å²) in [5.41, 5.74) is 4.18. The maximum atomic E-state index is 13.8. The van der Waals surface area contributed by atoms with Crippen molar-refractivity contribution in [2.45, 2.75) is 52.0 Å². The summed E-state index contributed by atoms with van der Waals surface area (Å²) in [6.45, 7) is 9.58. The van der Waals surface area contributed by atoms with Crippen LogP contribution in [0.15, 0.2) is 66.1 Å². The van der Waals surface area contributed by atoms with E-state index in [2.05, 4.69) is 56.5 Å². The number of carbonyl (C=O) groups is 2. The zero-order chi connectivity index (χ0) is 28.2. The number of nitro benzene ring substituents is 1. The second-order valence-corrected chi connectivity index (χ2v) is 11.9. The SMILES string of the molecule is CCCN(CC(=O)N1CCc2sccc2C1c1ccc(C(C)(C)C)cc1)C(=O)C=Cc1ccc([N+](=O)[O-])cc1. The van der Waals surface area contributed by atoms with Crippen LogP contribution in [0.5, 0.6) is 0 Å². The van der Waals surface area contributed by atoms with Crippen molar-refractivity contribution in [3.05, 3.63) is 103 Å². The van der Waals surface area contributed by atoms with Gasteiger partial charge in [0.2, 0.25) is 11.8 Å². The number of rotatable bonds is 8. The molecule has 1 aromatic heterocycles. The number of non-ortho nitro benzene ring substituents is 1. The lowest BCUT2D eigenvalue weighted by Crippen LogP contribution is -2.46. The zero-order valence-electron chi connectivity index (χ0n) is 22.9. The molecule has 39 heavy (non-hydrogen) atoms. The summed E-state index contributed by atoms with van der Waals surface area (Å²) >= 11 is 1.73. The van der Waals surface area contributed by atoms with Crippen LogP contribution in [0.1, 0.15) is 67.3 Å². The monoisotopic (exact) mass is 545 g/mol. The average Bonchev–Trinajstić information content (AvgIpc) is 3.39. The molecule has 0 saturated carbocycles. The molecule has 2 heterocycles. The van der Waals surface area contributed by atoms with Crippen LogP contribution in [0.2, 0.25) is 0 Å². The summed E-state index contributed by atoms with van der Waals surface area (Å²) in [5, 5.41) is 13.0. The van der Waals surface area contributed by atoms with Crippen LogP contribution in [0.4, 0.5) is 5.69 Å². The Morgan fingerprint density at radius 3 is 2.41 bits per heavy atom. The van der Waals surface area contributed by atoms with Gasteiger partial charge in [-0.05, 0) is 70.2 Å². The van der Waals surface area contributed by atoms with E-state index < -0.39 is 4.92 Å². The Hall–Kier alpha value is -3.78. The van der Waals surface area contributed by atoms with Crippen LogP contribution in [-0.4, -0.2) is 46.2 Å². The van der Waals surface area contributed by atoms with Gasteiger partial charge in [0.1, 0.15) is 6.54 Å². The van der Waals surface area contributed by atoms with E-state index in [1.54, 1.807) is 34.4 Å². The molecule has 0 aliphatic carbocycles. The molecule has 0 fully saturated rings. The molecule has 2 amide bonds. The number of nitro groups is 1. The Kier molecular flexibility index (Phi) is 8.65. The first kappa shape index (κ1) is 28.2. The molecule has 1 atom stereocenters. The van der Waals surface area contributed by atoms with E-state index in [1.165, 1.54) is 28.6 Å². The highest BCUT2D eigenvalue weighted by atomic mass is 32.1. The maximum absolute atomic E-state index is 13.8. The summed E-state index contributed by atoms with van der Waals surface area (Å²) in [5.74, 6) is -0.342. The highest BCUT2D eigenvalue weighted by molar-refractivity contribution is 7.10. The topological polar surface area (TPSA) is 83.8 Å². The number of thiophene rings is 1. The first-order valence-electron chi connectivity index (χ1n) is 13.3. The molecule has 204 valence electrons. The summed E-state index contributed by atoms with van der Waals surface area (Å²) in [6.07, 6.45) is 4.57. The quantitative estimate of drug-likeness (QED) is 0.187. The Balaban J connectivity index is 1.54. The zero-order valence-corrected chi connectivity index (χ0v) is 23.7. The number of hydrogen-bond acceptors (Lipinski definition) is 5. The fourth-order valence-electron chi connectivity index (χ4n) is 4.88. The Bertz CT molecular complexity index is 1350. The second kappa shape index (κ2) is 11.9. The summed E-state index contributed by atoms with van der Waals surface area (Å²) < 4.78 is 0. The molecule has 3 aromatic rings. The molecule has 1 unspecified atom stereocenters. The normalized spacial score (nSPS) is 15.3. The molecular weight excluding hydrogens is 510 g/mol. The molecule has 0 spiro atoms. The lowest BCUT2D eigenvalue weighted by atomic mass is 9.85. The fraction of sp³-hybridized carbons (Fsp3) is 0.355. The van der Waals surface area contributed by atoms with E-state index >= 15 is 0 Å². The van der Waals surface area contributed by atoms with Crippen molar-refractivity contribution in [2.24, 2.45) is 0 Å². The van der Waals surface area contributed by atoms with Crippen molar-refractivity contribution < 1.29 is 14.5 Å². The number of hydrogen-bond donors (Lipinski definition) is 0. The van der Waals surface area contributed by atoms with E-state index in [4.69, 9.17) is 0 Å². The molecule has 1 aliphatic rings. The third-order valence-corrected chi connectivity index (χ3v) is 8.03. The van der Waals surface area contributed by atoms with E-state index in [0.29, 0.717) is 18.7 Å². The number of fused-ring (bicyclic) bond motifs is 1. The van der Waals surface area contributed by atoms with Crippen LogP contribution < -0.4 is 0 Å². The maximum Gasteiger partial charge on any atom is 0.269 e. The summed E-state index contributed by atoms with van der Waals surface area (Å²) in [6, 6.07) is 16.5. The molecule has 0 saturated heterocycles. The van der Waals surface area contributed by atoms with Gasteiger partial charge in [0.15, 0.2) is 0 Å². The Labute approximate surface area is 233 Å². The highest BCUT2D eigenvalue weighted by Crippen LogP contribution is 2.38. The van der Waals surface area contributed by atoms with Gasteiger partial charge in [-0.2, -0.15) is 0 Å². The van der Waals surface area contributed by atoms with Crippen molar-refractivity contribution >= 4 is 34.9 Å². The minimum atomic E-state index is -0.459. The molecular formula is C31H35N3O4S. The van der Waals surface area contributed by atoms with Gasteiger partial charge in [-0.1, -0.05) is 52.0 Å². The van der Waals surface area contributed by atoms with E-state index in [9.17, 15) is 19.7 Å². The van der Waals surface area contributed by atoms with Gasteiger partial charge in [-0.3, -0.25) is 19.7 Å². The van der Waals surface area contributed by atoms with Gasteiger partial charge in [-0.15, -0.1) is 11.3 Å². The minimum Gasteiger partial charge on any atom is -0.330 e. The lowest BCUT2D eigenvalue weighted by molar-refractivity contribution is -0.384. The predicted octanol–water partition coefficient (Wildman–Crippen LogP) is 6.38.